The third-order valence-corrected chi connectivity index (χ3v) is 14.2. The molecule has 0 aliphatic carbocycles. The lowest BCUT2D eigenvalue weighted by Gasteiger charge is -2.38. The number of benzene rings is 6. The molecule has 11 heteroatoms. The van der Waals surface area contributed by atoms with Crippen LogP contribution in [0.3, 0.4) is 0 Å². The Morgan fingerprint density at radius 2 is 0.808 bits per heavy atom. The van der Waals surface area contributed by atoms with E-state index in [1.54, 1.807) is 24.3 Å². The van der Waals surface area contributed by atoms with Crippen molar-refractivity contribution in [1.29, 1.82) is 0 Å². The van der Waals surface area contributed by atoms with E-state index in [0.29, 0.717) is 31.3 Å². The van der Waals surface area contributed by atoms with Crippen molar-refractivity contribution in [1.82, 2.24) is 9.80 Å². The summed E-state index contributed by atoms with van der Waals surface area (Å²) >= 11 is 0. The summed E-state index contributed by atoms with van der Waals surface area (Å²) in [6.07, 6.45) is 3.86. The molecule has 2 heterocycles. The van der Waals surface area contributed by atoms with Gasteiger partial charge in [-0.2, -0.15) is 8.42 Å². The minimum atomic E-state index is -3.61. The summed E-state index contributed by atoms with van der Waals surface area (Å²) in [5.74, 6) is 0.540. The third-order valence-electron chi connectivity index (χ3n) is 13.7. The van der Waals surface area contributed by atoms with Gasteiger partial charge in [0.1, 0.15) is 11.5 Å². The van der Waals surface area contributed by atoms with Crippen molar-refractivity contribution in [2.75, 3.05) is 81.6 Å². The van der Waals surface area contributed by atoms with Crippen LogP contribution >= 0.6 is 0 Å². The van der Waals surface area contributed by atoms with Gasteiger partial charge in [0.15, 0.2) is 0 Å². The minimum absolute atomic E-state index is 0. The van der Waals surface area contributed by atoms with Crippen molar-refractivity contribution in [3.8, 4) is 11.5 Å². The highest BCUT2D eigenvalue weighted by Crippen LogP contribution is 2.38. The Hall–Kier alpha value is -6.21. The second-order valence-electron chi connectivity index (χ2n) is 19.3. The van der Waals surface area contributed by atoms with Crippen molar-refractivity contribution in [2.24, 2.45) is 0 Å². The predicted octanol–water partition coefficient (Wildman–Crippen LogP) is 11.6. The average molecular weight is 1010 g/mol. The van der Waals surface area contributed by atoms with Crippen LogP contribution in [0, 0.1) is 0 Å². The number of nitrogens with zero attached hydrogens (tertiary/aromatic N) is 4. The highest BCUT2D eigenvalue weighted by Gasteiger charge is 2.22. The number of allylic oxidation sites excluding steroid dienone is 2. The Bertz CT molecular complexity index is 2760. The molecular formula is C62H78N4O6S. The van der Waals surface area contributed by atoms with Crippen LogP contribution in [0.4, 0.5) is 11.4 Å². The van der Waals surface area contributed by atoms with Crippen LogP contribution in [0.25, 0.3) is 22.3 Å². The second kappa shape index (κ2) is 27.2. The Morgan fingerprint density at radius 3 is 1.12 bits per heavy atom. The zero-order valence-corrected chi connectivity index (χ0v) is 43.6. The summed E-state index contributed by atoms with van der Waals surface area (Å²) in [6, 6.07) is 54.0. The molecule has 2 saturated heterocycles. The quantitative estimate of drug-likeness (QED) is 0.0568. The van der Waals surface area contributed by atoms with Gasteiger partial charge in [-0.15, -0.1) is 0 Å². The molecule has 0 atom stereocenters. The maximum absolute atomic E-state index is 11.6. The van der Waals surface area contributed by atoms with Gasteiger partial charge in [-0.1, -0.05) is 117 Å². The monoisotopic (exact) mass is 1010 g/mol. The van der Waals surface area contributed by atoms with Gasteiger partial charge in [0, 0.05) is 89.0 Å². The summed E-state index contributed by atoms with van der Waals surface area (Å²) in [5.41, 5.74) is 13.5. The first-order chi connectivity index (χ1) is 34.8. The van der Waals surface area contributed by atoms with Gasteiger partial charge in [0.25, 0.3) is 0 Å². The molecule has 6 aromatic rings. The zero-order valence-electron chi connectivity index (χ0n) is 42.8. The van der Waals surface area contributed by atoms with E-state index in [0.717, 1.165) is 115 Å². The summed E-state index contributed by atoms with van der Waals surface area (Å²) in [7, 11) is -3.61. The molecule has 2 aliphatic heterocycles. The molecule has 2 fully saturated rings. The molecular weight excluding hydrogens is 929 g/mol. The number of aliphatic hydroxyl groups excluding tert-OH is 2. The first-order valence-corrected chi connectivity index (χ1v) is 27.4. The highest BCUT2D eigenvalue weighted by molar-refractivity contribution is 7.86. The lowest BCUT2D eigenvalue weighted by atomic mass is 9.87. The smallest absolute Gasteiger partial charge is 0.306 e. The van der Waals surface area contributed by atoms with E-state index in [9.17, 15) is 23.7 Å². The first-order valence-electron chi connectivity index (χ1n) is 25.6. The number of aromatic hydroxyl groups is 1. The second-order valence-corrected chi connectivity index (χ2v) is 20.9. The van der Waals surface area contributed by atoms with Crippen molar-refractivity contribution >= 4 is 43.8 Å². The molecule has 0 amide bonds. The van der Waals surface area contributed by atoms with E-state index < -0.39 is 10.1 Å². The lowest BCUT2D eigenvalue weighted by molar-refractivity contribution is 0.209. The number of hydrogen-bond acceptors (Lipinski definition) is 10. The molecule has 388 valence electrons. The molecule has 0 bridgehead atoms. The number of phenolic OH excluding ortho intramolecular Hbond substituents is 1. The number of hydrogen-bond donors (Lipinski definition) is 3. The van der Waals surface area contributed by atoms with E-state index in [1.165, 1.54) is 16.9 Å². The summed E-state index contributed by atoms with van der Waals surface area (Å²) < 4.78 is 28.3. The Morgan fingerprint density at radius 1 is 0.479 bits per heavy atom. The van der Waals surface area contributed by atoms with Crippen LogP contribution < -0.4 is 14.0 Å². The largest absolute Gasteiger partial charge is 0.508 e. The normalized spacial score (nSPS) is 15.2. The Labute approximate surface area is 436 Å². The fraction of sp³-hybridized carbons (Fsp3) is 0.355. The van der Waals surface area contributed by atoms with Crippen molar-refractivity contribution in [3.63, 3.8) is 0 Å². The SMILES string of the molecule is C.CC(C)N1CCN(c2ccc(/C(=C(/CCCO)c3ccccc3)c3ccc(O)cc3)cc2)CC1.CC(C)N1CCN(c2ccc(/C(=C(/CCCO)c3ccccc3)c3ccc(OS(C)(=O)=O)cc3)cc2)CC1. The van der Waals surface area contributed by atoms with Crippen LogP contribution in [0.15, 0.2) is 158 Å². The summed E-state index contributed by atoms with van der Waals surface area (Å²) in [5, 5.41) is 29.1. The highest BCUT2D eigenvalue weighted by atomic mass is 32.2. The zero-order chi connectivity index (χ0) is 51.0. The van der Waals surface area contributed by atoms with Crippen LogP contribution in [0.1, 0.15) is 94.2 Å². The number of rotatable bonds is 18. The maximum atomic E-state index is 11.6. The topological polar surface area (TPSA) is 117 Å². The fourth-order valence-corrected chi connectivity index (χ4v) is 10.3. The molecule has 0 spiro atoms. The van der Waals surface area contributed by atoms with Crippen LogP contribution in [-0.2, 0) is 10.1 Å². The van der Waals surface area contributed by atoms with Crippen molar-refractivity contribution in [3.05, 3.63) is 191 Å². The maximum Gasteiger partial charge on any atom is 0.306 e. The predicted molar refractivity (Wildman–Crippen MR) is 305 cm³/mol. The van der Waals surface area contributed by atoms with E-state index in [1.807, 2.05) is 48.5 Å². The Balaban J connectivity index is 0.000000236. The molecule has 0 aromatic heterocycles. The fourth-order valence-electron chi connectivity index (χ4n) is 9.80. The van der Waals surface area contributed by atoms with Gasteiger partial charge in [-0.25, -0.2) is 0 Å². The molecule has 8 rings (SSSR count). The molecule has 10 nitrogen and oxygen atoms in total. The van der Waals surface area contributed by atoms with Gasteiger partial charge in [-0.05, 0) is 158 Å². The molecule has 2 aliphatic rings. The standard InChI is InChI=1S/C31H38N2O4S.C30H36N2O2.CH4/c1-24(2)32-19-21-33(22-20-32)28-15-11-26(12-16-28)31(27-13-17-29(18-14-27)37-38(3,35)36)30(10-7-23-34)25-8-5-4-6-9-25;1-23(2)31-18-20-32(21-19-31)27-14-10-25(11-15-27)30(26-12-16-28(34)17-13-26)29(9-6-22-33)24-7-4-3-5-8-24;/h4-6,8-9,11-18,24,34H,7,10,19-23H2,1-3H3;3-5,7-8,10-17,23,33-34H,6,9,18-22H2,1-2H3;1H4/b31-30+;30-29+;. The molecule has 0 saturated carbocycles. The third kappa shape index (κ3) is 15.7. The van der Waals surface area contributed by atoms with Gasteiger partial charge >= 0.3 is 10.1 Å². The van der Waals surface area contributed by atoms with E-state index in [-0.39, 0.29) is 32.1 Å². The van der Waals surface area contributed by atoms with Crippen LogP contribution in [0.5, 0.6) is 11.5 Å². The molecule has 6 aromatic carbocycles. The van der Waals surface area contributed by atoms with Gasteiger partial charge in [0.2, 0.25) is 0 Å². The van der Waals surface area contributed by atoms with Crippen molar-refractivity contribution < 1.29 is 27.9 Å². The molecule has 0 unspecified atom stereocenters. The van der Waals surface area contributed by atoms with E-state index in [2.05, 4.69) is 132 Å². The minimum Gasteiger partial charge on any atom is -0.508 e. The Kier molecular flexibility index (Phi) is 20.9. The van der Waals surface area contributed by atoms with Gasteiger partial charge < -0.3 is 29.3 Å². The first kappa shape index (κ1) is 56.1. The van der Waals surface area contributed by atoms with Gasteiger partial charge in [-0.3, -0.25) is 9.80 Å². The molecule has 0 radical (unpaired) electrons. The van der Waals surface area contributed by atoms with E-state index >= 15 is 0 Å². The number of anilines is 2. The van der Waals surface area contributed by atoms with Gasteiger partial charge in [0.05, 0.1) is 6.26 Å². The number of phenols is 1. The lowest BCUT2D eigenvalue weighted by Crippen LogP contribution is -2.48. The van der Waals surface area contributed by atoms with Crippen LogP contribution in [0.2, 0.25) is 0 Å². The number of piperazine rings is 2. The average Bonchev–Trinajstić information content (AvgIpc) is 3.40. The van der Waals surface area contributed by atoms with Crippen LogP contribution in [-0.4, -0.2) is 117 Å². The number of aliphatic hydroxyl groups is 2. The molecule has 73 heavy (non-hydrogen) atoms. The van der Waals surface area contributed by atoms with E-state index in [4.69, 9.17) is 4.18 Å². The summed E-state index contributed by atoms with van der Waals surface area (Å²) in [4.78, 5) is 9.95. The van der Waals surface area contributed by atoms with Crippen molar-refractivity contribution in [2.45, 2.75) is 72.9 Å². The molecule has 3 N–H and O–H groups in total. The summed E-state index contributed by atoms with van der Waals surface area (Å²) in [6.45, 7) is 17.7.